The molecule has 0 radical (unpaired) electrons. The van der Waals surface area contributed by atoms with Gasteiger partial charge in [0, 0.05) is 16.9 Å². The zero-order valence-corrected chi connectivity index (χ0v) is 10.8. The van der Waals surface area contributed by atoms with Gasteiger partial charge in [0.1, 0.15) is 18.3 Å². The first kappa shape index (κ1) is 13.3. The van der Waals surface area contributed by atoms with E-state index in [0.29, 0.717) is 5.75 Å². The molecule has 6 heteroatoms. The molecule has 0 aliphatic heterocycles. The zero-order chi connectivity index (χ0) is 14.0. The summed E-state index contributed by atoms with van der Waals surface area (Å²) in [6, 6.07) is 4.79. The molecule has 2 atom stereocenters. The Morgan fingerprint density at radius 1 is 1.53 bits per heavy atom. The summed E-state index contributed by atoms with van der Waals surface area (Å²) in [6.07, 6.45) is 0.275. The molecule has 0 spiro atoms. The first-order valence-electron chi connectivity index (χ1n) is 5.96. The first-order valence-corrected chi connectivity index (χ1v) is 5.96. The molecule has 0 heterocycles. The quantitative estimate of drug-likeness (QED) is 0.460. The summed E-state index contributed by atoms with van der Waals surface area (Å²) in [5, 5.41) is 10.5. The van der Waals surface area contributed by atoms with Gasteiger partial charge in [-0.3, -0.25) is 14.9 Å². The molecule has 0 amide bonds. The van der Waals surface area contributed by atoms with Crippen molar-refractivity contribution in [1.29, 1.82) is 0 Å². The van der Waals surface area contributed by atoms with E-state index >= 15 is 0 Å². The van der Waals surface area contributed by atoms with Crippen LogP contribution in [-0.4, -0.2) is 24.0 Å². The molecule has 1 aromatic rings. The second-order valence-electron chi connectivity index (χ2n) is 4.62. The fraction of sp³-hybridized carbons (Fsp3) is 0.462. The number of nitrogens with zero attached hydrogens (tertiary/aromatic N) is 1. The van der Waals surface area contributed by atoms with Crippen molar-refractivity contribution < 1.29 is 19.2 Å². The van der Waals surface area contributed by atoms with Crippen LogP contribution in [0.2, 0.25) is 0 Å². The van der Waals surface area contributed by atoms with E-state index in [4.69, 9.17) is 9.47 Å². The Morgan fingerprint density at radius 2 is 2.26 bits per heavy atom. The number of rotatable bonds is 5. The molecule has 1 saturated carbocycles. The third kappa shape index (κ3) is 3.01. The van der Waals surface area contributed by atoms with Crippen molar-refractivity contribution >= 4 is 5.97 Å². The lowest BCUT2D eigenvalue weighted by Gasteiger charge is -2.09. The van der Waals surface area contributed by atoms with E-state index in [1.807, 2.05) is 19.1 Å². The maximum Gasteiger partial charge on any atom is 0.316 e. The highest BCUT2D eigenvalue weighted by molar-refractivity contribution is 5.76. The molecule has 1 aliphatic rings. The van der Waals surface area contributed by atoms with Crippen LogP contribution < -0.4 is 4.74 Å². The van der Waals surface area contributed by atoms with Gasteiger partial charge in [0.2, 0.25) is 6.04 Å². The van der Waals surface area contributed by atoms with Crippen LogP contribution in [0.5, 0.6) is 5.75 Å². The minimum atomic E-state index is -0.771. The molecular weight excluding hydrogens is 250 g/mol. The van der Waals surface area contributed by atoms with Crippen LogP contribution >= 0.6 is 0 Å². The largest absolute Gasteiger partial charge is 0.496 e. The standard InChI is InChI=1S/C13H15NO5/c1-8-3-4-12(18-2)9(5-8)7-19-13(15)10-6-11(10)14(16)17/h3-5,10-11H,6-7H2,1-2H3. The van der Waals surface area contributed by atoms with Gasteiger partial charge < -0.3 is 9.47 Å². The fourth-order valence-corrected chi connectivity index (χ4v) is 1.94. The predicted octanol–water partition coefficient (Wildman–Crippen LogP) is 1.71. The van der Waals surface area contributed by atoms with Crippen LogP contribution in [0, 0.1) is 23.0 Å². The van der Waals surface area contributed by atoms with E-state index in [1.54, 1.807) is 13.2 Å². The maximum atomic E-state index is 11.6. The smallest absolute Gasteiger partial charge is 0.316 e. The molecule has 6 nitrogen and oxygen atoms in total. The second kappa shape index (κ2) is 5.26. The molecule has 2 rings (SSSR count). The van der Waals surface area contributed by atoms with Crippen LogP contribution in [-0.2, 0) is 16.1 Å². The van der Waals surface area contributed by atoms with Gasteiger partial charge in [-0.05, 0) is 19.1 Å². The minimum absolute atomic E-state index is 0.0740. The van der Waals surface area contributed by atoms with Gasteiger partial charge in [0.25, 0.3) is 0 Å². The van der Waals surface area contributed by atoms with E-state index < -0.39 is 22.9 Å². The Morgan fingerprint density at radius 3 is 2.84 bits per heavy atom. The van der Waals surface area contributed by atoms with Crippen molar-refractivity contribution in [3.8, 4) is 5.75 Å². The Hall–Kier alpha value is -2.11. The van der Waals surface area contributed by atoms with E-state index in [1.165, 1.54) is 0 Å². The van der Waals surface area contributed by atoms with Crippen LogP contribution in [0.15, 0.2) is 18.2 Å². The number of nitro groups is 1. The van der Waals surface area contributed by atoms with E-state index in [-0.39, 0.29) is 13.0 Å². The predicted molar refractivity (Wildman–Crippen MR) is 66.4 cm³/mol. The normalized spacial score (nSPS) is 20.7. The zero-order valence-electron chi connectivity index (χ0n) is 10.8. The van der Waals surface area contributed by atoms with Gasteiger partial charge in [-0.1, -0.05) is 11.6 Å². The number of esters is 1. The van der Waals surface area contributed by atoms with Gasteiger partial charge in [0.15, 0.2) is 0 Å². The number of hydrogen-bond donors (Lipinski definition) is 0. The molecule has 0 aromatic heterocycles. The number of hydrogen-bond acceptors (Lipinski definition) is 5. The number of benzene rings is 1. The van der Waals surface area contributed by atoms with E-state index in [9.17, 15) is 14.9 Å². The fourth-order valence-electron chi connectivity index (χ4n) is 1.94. The Balaban J connectivity index is 1.94. The lowest BCUT2D eigenvalue weighted by Crippen LogP contribution is -2.13. The molecule has 2 unspecified atom stereocenters. The van der Waals surface area contributed by atoms with Crippen molar-refractivity contribution in [2.75, 3.05) is 7.11 Å². The Bertz CT molecular complexity index is 514. The van der Waals surface area contributed by atoms with Crippen molar-refractivity contribution in [3.05, 3.63) is 39.4 Å². The molecule has 1 aliphatic carbocycles. The average molecular weight is 265 g/mol. The molecule has 1 aromatic carbocycles. The number of carbonyl (C=O) groups is 1. The van der Waals surface area contributed by atoms with Crippen LogP contribution in [0.3, 0.4) is 0 Å². The molecule has 0 bridgehead atoms. The van der Waals surface area contributed by atoms with Crippen molar-refractivity contribution in [1.82, 2.24) is 0 Å². The molecule has 1 fully saturated rings. The number of carbonyl (C=O) groups excluding carboxylic acids is 1. The highest BCUT2D eigenvalue weighted by atomic mass is 16.6. The van der Waals surface area contributed by atoms with Crippen molar-refractivity contribution in [2.24, 2.45) is 5.92 Å². The van der Waals surface area contributed by atoms with Gasteiger partial charge in [0.05, 0.1) is 7.11 Å². The van der Waals surface area contributed by atoms with Crippen LogP contribution in [0.25, 0.3) is 0 Å². The summed E-state index contributed by atoms with van der Waals surface area (Å²) in [5.41, 5.74) is 1.79. The lowest BCUT2D eigenvalue weighted by molar-refractivity contribution is -0.497. The summed E-state index contributed by atoms with van der Waals surface area (Å²) < 4.78 is 10.3. The molecule has 102 valence electrons. The van der Waals surface area contributed by atoms with Gasteiger partial charge >= 0.3 is 5.97 Å². The number of methoxy groups -OCH3 is 1. The molecule has 0 N–H and O–H groups in total. The Kier molecular flexibility index (Phi) is 3.69. The summed E-state index contributed by atoms with van der Waals surface area (Å²) in [6.45, 7) is 2.00. The number of ether oxygens (including phenoxy) is 2. The van der Waals surface area contributed by atoms with Gasteiger partial charge in [-0.25, -0.2) is 0 Å². The van der Waals surface area contributed by atoms with E-state index in [2.05, 4.69) is 0 Å². The highest BCUT2D eigenvalue weighted by Gasteiger charge is 2.54. The summed E-state index contributed by atoms with van der Waals surface area (Å²) in [7, 11) is 1.54. The third-order valence-electron chi connectivity index (χ3n) is 3.14. The first-order chi connectivity index (χ1) is 9.02. The SMILES string of the molecule is COc1ccc(C)cc1COC(=O)C1CC1[N+](=O)[O-]. The summed E-state index contributed by atoms with van der Waals surface area (Å²) in [5.74, 6) is -0.462. The number of aryl methyl sites for hydroxylation is 1. The Labute approximate surface area is 110 Å². The van der Waals surface area contributed by atoms with Crippen molar-refractivity contribution in [3.63, 3.8) is 0 Å². The van der Waals surface area contributed by atoms with Crippen molar-refractivity contribution in [2.45, 2.75) is 26.0 Å². The van der Waals surface area contributed by atoms with Crippen LogP contribution in [0.1, 0.15) is 17.5 Å². The highest BCUT2D eigenvalue weighted by Crippen LogP contribution is 2.34. The third-order valence-corrected chi connectivity index (χ3v) is 3.14. The lowest BCUT2D eigenvalue weighted by atomic mass is 10.1. The topological polar surface area (TPSA) is 78.7 Å². The summed E-state index contributed by atoms with van der Waals surface area (Å²) in [4.78, 5) is 21.7. The van der Waals surface area contributed by atoms with E-state index in [0.717, 1.165) is 11.1 Å². The molecule has 19 heavy (non-hydrogen) atoms. The van der Waals surface area contributed by atoms with Crippen LogP contribution in [0.4, 0.5) is 0 Å². The maximum absolute atomic E-state index is 11.6. The summed E-state index contributed by atoms with van der Waals surface area (Å²) >= 11 is 0. The molecular formula is C13H15NO5. The second-order valence-corrected chi connectivity index (χ2v) is 4.62. The van der Waals surface area contributed by atoms with Gasteiger partial charge in [-0.15, -0.1) is 0 Å². The molecule has 0 saturated heterocycles. The van der Waals surface area contributed by atoms with Gasteiger partial charge in [-0.2, -0.15) is 0 Å². The monoisotopic (exact) mass is 265 g/mol. The average Bonchev–Trinajstić information content (AvgIpc) is 3.16. The minimum Gasteiger partial charge on any atom is -0.496 e.